The number of hydrogen-bond acceptors (Lipinski definition) is 5. The van der Waals surface area contributed by atoms with Crippen LogP contribution in [0.1, 0.15) is 34.3 Å². The second-order valence-corrected chi connectivity index (χ2v) is 5.74. The number of nitrogens with zero attached hydrogens (tertiary/aromatic N) is 3. The first kappa shape index (κ1) is 15.5. The van der Waals surface area contributed by atoms with Gasteiger partial charge in [-0.3, -0.25) is 4.79 Å². The molecule has 0 unspecified atom stereocenters. The number of aryl methyl sites for hydroxylation is 1. The number of nitrogens with two attached hydrogens (primary N) is 1. The van der Waals surface area contributed by atoms with E-state index in [1.54, 1.807) is 18.0 Å². The van der Waals surface area contributed by atoms with Crippen LogP contribution < -0.4 is 10.6 Å². The molecule has 2 rings (SSSR count). The molecule has 0 radical (unpaired) electrons. The number of anilines is 1. The monoisotopic (exact) mass is 320 g/mol. The molecule has 2 aromatic rings. The predicted molar refractivity (Wildman–Crippen MR) is 89.0 cm³/mol. The van der Waals surface area contributed by atoms with Gasteiger partial charge in [0.25, 0.3) is 5.91 Å². The Hall–Kier alpha value is -1.86. The molecule has 5 nitrogen and oxygen atoms in total. The highest BCUT2D eigenvalue weighted by Gasteiger charge is 2.22. The van der Waals surface area contributed by atoms with Crippen LogP contribution in [0.2, 0.25) is 0 Å². The Labute approximate surface area is 132 Å². The van der Waals surface area contributed by atoms with Crippen LogP contribution in [-0.2, 0) is 6.42 Å². The van der Waals surface area contributed by atoms with Crippen molar-refractivity contribution in [3.8, 4) is 0 Å². The van der Waals surface area contributed by atoms with Gasteiger partial charge in [-0.25, -0.2) is 0 Å². The predicted octanol–water partition coefficient (Wildman–Crippen LogP) is 2.40. The number of carbonyl (C=O) groups excluding carboxylic acids is 1. The van der Waals surface area contributed by atoms with Crippen LogP contribution in [0.25, 0.3) is 0 Å². The van der Waals surface area contributed by atoms with Gasteiger partial charge in [-0.2, -0.15) is 0 Å². The molecular formula is C14H16N4OS2. The standard InChI is InChI=1S/C14H16N4OS2/c1-3-6-10-12(21-17-16-10)14(19)18(2)11-8-5-4-7-9(11)13(15)20/h4-5,7-8H,3,6H2,1-2H3,(H2,15,20). The Kier molecular flexibility index (Phi) is 4.98. The highest BCUT2D eigenvalue weighted by atomic mass is 32.1. The van der Waals surface area contributed by atoms with Gasteiger partial charge in [0.15, 0.2) is 0 Å². The maximum absolute atomic E-state index is 12.6. The van der Waals surface area contributed by atoms with Crippen LogP contribution in [0.3, 0.4) is 0 Å². The maximum atomic E-state index is 12.6. The number of benzene rings is 1. The number of amides is 1. The highest BCUT2D eigenvalue weighted by Crippen LogP contribution is 2.23. The summed E-state index contributed by atoms with van der Waals surface area (Å²) < 4.78 is 3.89. The van der Waals surface area contributed by atoms with Crippen LogP contribution in [0.15, 0.2) is 24.3 Å². The van der Waals surface area contributed by atoms with Crippen LogP contribution in [0.4, 0.5) is 5.69 Å². The summed E-state index contributed by atoms with van der Waals surface area (Å²) in [5.74, 6) is -0.142. The van der Waals surface area contributed by atoms with E-state index in [9.17, 15) is 4.79 Å². The Morgan fingerprint density at radius 1 is 1.43 bits per heavy atom. The fraction of sp³-hybridized carbons (Fsp3) is 0.286. The lowest BCUT2D eigenvalue weighted by atomic mass is 10.1. The van der Waals surface area contributed by atoms with E-state index < -0.39 is 0 Å². The lowest BCUT2D eigenvalue weighted by Gasteiger charge is -2.19. The van der Waals surface area contributed by atoms with Crippen LogP contribution >= 0.6 is 23.8 Å². The van der Waals surface area contributed by atoms with E-state index in [0.29, 0.717) is 16.1 Å². The van der Waals surface area contributed by atoms with E-state index in [0.717, 1.165) is 30.1 Å². The van der Waals surface area contributed by atoms with Crippen molar-refractivity contribution in [2.24, 2.45) is 5.73 Å². The summed E-state index contributed by atoms with van der Waals surface area (Å²) in [5.41, 5.74) is 7.83. The zero-order valence-electron chi connectivity index (χ0n) is 11.9. The third-order valence-electron chi connectivity index (χ3n) is 3.07. The van der Waals surface area contributed by atoms with E-state index in [2.05, 4.69) is 9.59 Å². The average Bonchev–Trinajstić information content (AvgIpc) is 2.94. The molecule has 0 spiro atoms. The molecule has 0 saturated heterocycles. The molecule has 2 N–H and O–H groups in total. The number of aromatic nitrogens is 2. The van der Waals surface area contributed by atoms with Crippen LogP contribution in [-0.4, -0.2) is 27.5 Å². The number of carbonyl (C=O) groups is 1. The summed E-state index contributed by atoms with van der Waals surface area (Å²) in [6.07, 6.45) is 1.65. The zero-order chi connectivity index (χ0) is 15.4. The molecule has 21 heavy (non-hydrogen) atoms. The molecule has 0 aliphatic heterocycles. The maximum Gasteiger partial charge on any atom is 0.271 e. The SMILES string of the molecule is CCCc1nnsc1C(=O)N(C)c1ccccc1C(N)=S. The third kappa shape index (κ3) is 3.25. The first-order valence-electron chi connectivity index (χ1n) is 6.54. The van der Waals surface area contributed by atoms with Gasteiger partial charge in [0.05, 0.1) is 11.4 Å². The van der Waals surface area contributed by atoms with Gasteiger partial charge in [0.2, 0.25) is 0 Å². The number of thiocarbonyl (C=S) groups is 1. The molecule has 7 heteroatoms. The summed E-state index contributed by atoms with van der Waals surface area (Å²) in [7, 11) is 1.70. The topological polar surface area (TPSA) is 72.1 Å². The Morgan fingerprint density at radius 3 is 2.81 bits per heavy atom. The molecular weight excluding hydrogens is 304 g/mol. The van der Waals surface area contributed by atoms with E-state index in [1.165, 1.54) is 0 Å². The summed E-state index contributed by atoms with van der Waals surface area (Å²) in [6.45, 7) is 2.04. The third-order valence-corrected chi connectivity index (χ3v) is 4.05. The second kappa shape index (κ2) is 6.73. The van der Waals surface area contributed by atoms with Crippen molar-refractivity contribution < 1.29 is 4.79 Å². The first-order chi connectivity index (χ1) is 10.1. The molecule has 0 atom stereocenters. The van der Waals surface area contributed by atoms with Crippen molar-refractivity contribution in [1.29, 1.82) is 0 Å². The molecule has 0 aliphatic carbocycles. The lowest BCUT2D eigenvalue weighted by Crippen LogP contribution is -2.28. The van der Waals surface area contributed by atoms with E-state index in [1.807, 2.05) is 25.1 Å². The molecule has 0 saturated carbocycles. The smallest absolute Gasteiger partial charge is 0.271 e. The van der Waals surface area contributed by atoms with E-state index in [4.69, 9.17) is 18.0 Å². The van der Waals surface area contributed by atoms with Crippen molar-refractivity contribution in [3.05, 3.63) is 40.4 Å². The molecule has 0 aliphatic rings. The highest BCUT2D eigenvalue weighted by molar-refractivity contribution is 7.80. The van der Waals surface area contributed by atoms with Crippen molar-refractivity contribution in [2.45, 2.75) is 19.8 Å². The lowest BCUT2D eigenvalue weighted by molar-refractivity contribution is 0.0995. The average molecular weight is 320 g/mol. The first-order valence-corrected chi connectivity index (χ1v) is 7.72. The summed E-state index contributed by atoms with van der Waals surface area (Å²) in [5, 5.41) is 4.03. The molecule has 1 amide bonds. The quantitative estimate of drug-likeness (QED) is 0.857. The molecule has 0 fully saturated rings. The molecule has 110 valence electrons. The summed E-state index contributed by atoms with van der Waals surface area (Å²) in [4.78, 5) is 15.0. The van der Waals surface area contributed by atoms with Gasteiger partial charge in [-0.15, -0.1) is 5.10 Å². The van der Waals surface area contributed by atoms with Gasteiger partial charge in [0.1, 0.15) is 9.87 Å². The largest absolute Gasteiger partial charge is 0.389 e. The fourth-order valence-electron chi connectivity index (χ4n) is 2.01. The van der Waals surface area contributed by atoms with Crippen molar-refractivity contribution in [2.75, 3.05) is 11.9 Å². The van der Waals surface area contributed by atoms with Crippen molar-refractivity contribution in [3.63, 3.8) is 0 Å². The zero-order valence-corrected chi connectivity index (χ0v) is 13.5. The molecule has 1 heterocycles. The Bertz CT molecular complexity index is 668. The van der Waals surface area contributed by atoms with Gasteiger partial charge < -0.3 is 10.6 Å². The summed E-state index contributed by atoms with van der Waals surface area (Å²) in [6, 6.07) is 7.31. The minimum Gasteiger partial charge on any atom is -0.389 e. The molecule has 0 bridgehead atoms. The normalized spacial score (nSPS) is 10.4. The van der Waals surface area contributed by atoms with Gasteiger partial charge in [-0.05, 0) is 30.1 Å². The number of para-hydroxylation sites is 1. The molecule has 1 aromatic heterocycles. The second-order valence-electron chi connectivity index (χ2n) is 4.54. The van der Waals surface area contributed by atoms with Gasteiger partial charge in [0, 0.05) is 12.6 Å². The van der Waals surface area contributed by atoms with Crippen LogP contribution in [0.5, 0.6) is 0 Å². The molecule has 1 aromatic carbocycles. The van der Waals surface area contributed by atoms with Crippen LogP contribution in [0, 0.1) is 0 Å². The van der Waals surface area contributed by atoms with Gasteiger partial charge >= 0.3 is 0 Å². The number of hydrogen-bond donors (Lipinski definition) is 1. The van der Waals surface area contributed by atoms with E-state index >= 15 is 0 Å². The fourth-order valence-corrected chi connectivity index (χ4v) is 2.86. The van der Waals surface area contributed by atoms with E-state index in [-0.39, 0.29) is 10.9 Å². The Morgan fingerprint density at radius 2 is 2.14 bits per heavy atom. The van der Waals surface area contributed by atoms with Crippen molar-refractivity contribution >= 4 is 40.3 Å². The van der Waals surface area contributed by atoms with Crippen molar-refractivity contribution in [1.82, 2.24) is 9.59 Å². The minimum absolute atomic E-state index is 0.142. The Balaban J connectivity index is 2.36. The minimum atomic E-state index is -0.142. The number of rotatable bonds is 5. The van der Waals surface area contributed by atoms with Gasteiger partial charge in [-0.1, -0.05) is 42.2 Å². The summed E-state index contributed by atoms with van der Waals surface area (Å²) >= 11 is 6.16.